The minimum Gasteiger partial charge on any atom is -0.490 e. The van der Waals surface area contributed by atoms with E-state index in [0.717, 1.165) is 30.1 Å². The zero-order chi connectivity index (χ0) is 14.8. The van der Waals surface area contributed by atoms with Crippen LogP contribution in [-0.2, 0) is 6.54 Å². The summed E-state index contributed by atoms with van der Waals surface area (Å²) < 4.78 is 5.70. The van der Waals surface area contributed by atoms with Gasteiger partial charge in [-0.15, -0.1) is 0 Å². The SMILES string of the molecule is CC(=O)c1ccc2c(c1)N(Cc1ccccc1C)CCO2. The molecule has 3 rings (SSSR count). The summed E-state index contributed by atoms with van der Waals surface area (Å²) in [5.74, 6) is 0.944. The molecule has 1 heterocycles. The van der Waals surface area contributed by atoms with Gasteiger partial charge in [-0.3, -0.25) is 4.79 Å². The predicted octanol–water partition coefficient (Wildman–Crippen LogP) is 3.60. The van der Waals surface area contributed by atoms with Crippen molar-refractivity contribution >= 4 is 11.5 Å². The molecule has 0 aliphatic carbocycles. The van der Waals surface area contributed by atoms with Crippen LogP contribution in [0.1, 0.15) is 28.4 Å². The summed E-state index contributed by atoms with van der Waals surface area (Å²) >= 11 is 0. The van der Waals surface area contributed by atoms with Crippen LogP contribution in [-0.4, -0.2) is 18.9 Å². The standard InChI is InChI=1S/C18H19NO2/c1-13-5-3-4-6-16(13)12-19-9-10-21-18-8-7-15(14(2)20)11-17(18)19/h3-8,11H,9-10,12H2,1-2H3. The number of anilines is 1. The highest BCUT2D eigenvalue weighted by Gasteiger charge is 2.19. The lowest BCUT2D eigenvalue weighted by Gasteiger charge is -2.32. The molecule has 0 saturated heterocycles. The smallest absolute Gasteiger partial charge is 0.159 e. The molecule has 3 nitrogen and oxygen atoms in total. The summed E-state index contributed by atoms with van der Waals surface area (Å²) in [4.78, 5) is 13.9. The lowest BCUT2D eigenvalue weighted by molar-refractivity contribution is 0.101. The highest BCUT2D eigenvalue weighted by Crippen LogP contribution is 2.33. The Balaban J connectivity index is 1.94. The summed E-state index contributed by atoms with van der Waals surface area (Å²) in [7, 11) is 0. The predicted molar refractivity (Wildman–Crippen MR) is 84.2 cm³/mol. The summed E-state index contributed by atoms with van der Waals surface area (Å²) in [6.45, 7) is 6.07. The number of hydrogen-bond donors (Lipinski definition) is 0. The number of rotatable bonds is 3. The normalized spacial score (nSPS) is 13.5. The van der Waals surface area contributed by atoms with Gasteiger partial charge in [0.25, 0.3) is 0 Å². The van der Waals surface area contributed by atoms with Crippen LogP contribution in [0.3, 0.4) is 0 Å². The van der Waals surface area contributed by atoms with Crippen molar-refractivity contribution in [2.24, 2.45) is 0 Å². The van der Waals surface area contributed by atoms with Crippen molar-refractivity contribution < 1.29 is 9.53 Å². The zero-order valence-electron chi connectivity index (χ0n) is 12.4. The molecule has 0 spiro atoms. The van der Waals surface area contributed by atoms with Crippen LogP contribution < -0.4 is 9.64 Å². The molecular formula is C18H19NO2. The topological polar surface area (TPSA) is 29.5 Å². The Bertz CT molecular complexity index is 679. The molecule has 0 radical (unpaired) electrons. The van der Waals surface area contributed by atoms with E-state index in [4.69, 9.17) is 4.74 Å². The van der Waals surface area contributed by atoms with Gasteiger partial charge in [0.05, 0.1) is 12.2 Å². The average molecular weight is 281 g/mol. The first-order chi connectivity index (χ1) is 10.1. The average Bonchev–Trinajstić information content (AvgIpc) is 2.49. The van der Waals surface area contributed by atoms with Crippen LogP contribution in [0.4, 0.5) is 5.69 Å². The van der Waals surface area contributed by atoms with Gasteiger partial charge in [0.1, 0.15) is 12.4 Å². The van der Waals surface area contributed by atoms with E-state index in [1.54, 1.807) is 6.92 Å². The maximum Gasteiger partial charge on any atom is 0.159 e. The monoisotopic (exact) mass is 281 g/mol. The van der Waals surface area contributed by atoms with Crippen LogP contribution >= 0.6 is 0 Å². The van der Waals surface area contributed by atoms with Gasteiger partial charge in [-0.2, -0.15) is 0 Å². The third-order valence-electron chi connectivity index (χ3n) is 3.95. The quantitative estimate of drug-likeness (QED) is 0.805. The first-order valence-electron chi connectivity index (χ1n) is 7.22. The van der Waals surface area contributed by atoms with E-state index in [-0.39, 0.29) is 5.78 Å². The fraction of sp³-hybridized carbons (Fsp3) is 0.278. The Morgan fingerprint density at radius 1 is 1.24 bits per heavy atom. The number of ketones is 1. The number of nitrogens with zero attached hydrogens (tertiary/aromatic N) is 1. The summed E-state index contributed by atoms with van der Waals surface area (Å²) in [5, 5.41) is 0. The summed E-state index contributed by atoms with van der Waals surface area (Å²) in [6, 6.07) is 14.1. The Labute approximate surface area is 125 Å². The highest BCUT2D eigenvalue weighted by atomic mass is 16.5. The summed E-state index contributed by atoms with van der Waals surface area (Å²) in [6.07, 6.45) is 0. The molecule has 0 saturated carbocycles. The fourth-order valence-corrected chi connectivity index (χ4v) is 2.65. The molecular weight excluding hydrogens is 262 g/mol. The number of carbonyl (C=O) groups excluding carboxylic acids is 1. The molecule has 1 aliphatic heterocycles. The molecule has 108 valence electrons. The number of Topliss-reactive ketones (excluding diaryl/α,β-unsaturated/α-hetero) is 1. The van der Waals surface area contributed by atoms with Crippen molar-refractivity contribution in [2.45, 2.75) is 20.4 Å². The van der Waals surface area contributed by atoms with Gasteiger partial charge in [-0.1, -0.05) is 24.3 Å². The number of ether oxygens (including phenoxy) is 1. The molecule has 0 unspecified atom stereocenters. The third-order valence-corrected chi connectivity index (χ3v) is 3.95. The second kappa shape index (κ2) is 5.60. The maximum absolute atomic E-state index is 11.6. The van der Waals surface area contributed by atoms with E-state index >= 15 is 0 Å². The van der Waals surface area contributed by atoms with Crippen LogP contribution in [0, 0.1) is 6.92 Å². The molecule has 0 N–H and O–H groups in total. The molecule has 0 aromatic heterocycles. The molecule has 0 amide bonds. The van der Waals surface area contributed by atoms with E-state index in [0.29, 0.717) is 6.61 Å². The molecule has 2 aromatic carbocycles. The Hall–Kier alpha value is -2.29. The number of aryl methyl sites for hydroxylation is 1. The van der Waals surface area contributed by atoms with E-state index in [2.05, 4.69) is 36.1 Å². The van der Waals surface area contributed by atoms with E-state index < -0.39 is 0 Å². The van der Waals surface area contributed by atoms with Crippen molar-refractivity contribution in [1.29, 1.82) is 0 Å². The second-order valence-electron chi connectivity index (χ2n) is 5.44. The highest BCUT2D eigenvalue weighted by molar-refractivity contribution is 5.95. The van der Waals surface area contributed by atoms with Crippen molar-refractivity contribution in [3.8, 4) is 5.75 Å². The van der Waals surface area contributed by atoms with Gasteiger partial charge in [0.15, 0.2) is 5.78 Å². The summed E-state index contributed by atoms with van der Waals surface area (Å²) in [5.41, 5.74) is 4.33. The molecule has 0 bridgehead atoms. The molecule has 1 aliphatic rings. The van der Waals surface area contributed by atoms with Gasteiger partial charge in [-0.05, 0) is 43.2 Å². The number of carbonyl (C=O) groups is 1. The van der Waals surface area contributed by atoms with Crippen molar-refractivity contribution in [1.82, 2.24) is 0 Å². The van der Waals surface area contributed by atoms with Gasteiger partial charge < -0.3 is 9.64 Å². The number of hydrogen-bond acceptors (Lipinski definition) is 3. The van der Waals surface area contributed by atoms with Crippen molar-refractivity contribution in [3.63, 3.8) is 0 Å². The minimum atomic E-state index is 0.0826. The number of fused-ring (bicyclic) bond motifs is 1. The lowest BCUT2D eigenvalue weighted by Crippen LogP contribution is -2.32. The molecule has 2 aromatic rings. The van der Waals surface area contributed by atoms with E-state index in [1.807, 2.05) is 18.2 Å². The molecule has 21 heavy (non-hydrogen) atoms. The third kappa shape index (κ3) is 2.77. The van der Waals surface area contributed by atoms with Gasteiger partial charge in [-0.25, -0.2) is 0 Å². The van der Waals surface area contributed by atoms with Gasteiger partial charge >= 0.3 is 0 Å². The van der Waals surface area contributed by atoms with Gasteiger partial charge in [0.2, 0.25) is 0 Å². The fourth-order valence-electron chi connectivity index (χ4n) is 2.65. The van der Waals surface area contributed by atoms with Crippen molar-refractivity contribution in [3.05, 3.63) is 59.2 Å². The molecule has 0 atom stereocenters. The molecule has 0 fully saturated rings. The van der Waals surface area contributed by atoms with E-state index in [9.17, 15) is 4.79 Å². The zero-order valence-corrected chi connectivity index (χ0v) is 12.4. The van der Waals surface area contributed by atoms with Crippen molar-refractivity contribution in [2.75, 3.05) is 18.1 Å². The number of benzene rings is 2. The Morgan fingerprint density at radius 2 is 2.05 bits per heavy atom. The Kier molecular flexibility index (Phi) is 3.65. The second-order valence-corrected chi connectivity index (χ2v) is 5.44. The largest absolute Gasteiger partial charge is 0.490 e. The van der Waals surface area contributed by atoms with Gasteiger partial charge in [0, 0.05) is 12.1 Å². The maximum atomic E-state index is 11.6. The van der Waals surface area contributed by atoms with Crippen LogP contribution in [0.2, 0.25) is 0 Å². The van der Waals surface area contributed by atoms with Crippen LogP contribution in [0.5, 0.6) is 5.75 Å². The van der Waals surface area contributed by atoms with E-state index in [1.165, 1.54) is 11.1 Å². The first-order valence-corrected chi connectivity index (χ1v) is 7.22. The first kappa shape index (κ1) is 13.7. The lowest BCUT2D eigenvalue weighted by atomic mass is 10.1. The van der Waals surface area contributed by atoms with Crippen LogP contribution in [0.15, 0.2) is 42.5 Å². The Morgan fingerprint density at radius 3 is 2.81 bits per heavy atom. The molecule has 3 heteroatoms. The van der Waals surface area contributed by atoms with Crippen LogP contribution in [0.25, 0.3) is 0 Å². The minimum absolute atomic E-state index is 0.0826.